The average Bonchev–Trinajstić information content (AvgIpc) is 2.83. The fourth-order valence-electron chi connectivity index (χ4n) is 2.27. The molecular formula is C18H25NO2. The number of aryl methyl sites for hydroxylation is 2. The van der Waals surface area contributed by atoms with E-state index < -0.39 is 0 Å². The van der Waals surface area contributed by atoms with Crippen molar-refractivity contribution in [3.63, 3.8) is 0 Å². The number of nitrogens with one attached hydrogen (secondary N) is 1. The van der Waals surface area contributed by atoms with Crippen LogP contribution in [-0.4, -0.2) is 6.54 Å². The minimum absolute atomic E-state index is 0.465. The predicted molar refractivity (Wildman–Crippen MR) is 85.5 cm³/mol. The normalized spacial score (nSPS) is 11.1. The Morgan fingerprint density at radius 3 is 2.48 bits per heavy atom. The van der Waals surface area contributed by atoms with Gasteiger partial charge in [-0.2, -0.15) is 0 Å². The maximum Gasteiger partial charge on any atom is 0.146 e. The van der Waals surface area contributed by atoms with E-state index in [-0.39, 0.29) is 0 Å². The molecule has 1 heterocycles. The molecule has 2 aromatic rings. The van der Waals surface area contributed by atoms with Gasteiger partial charge in [0.05, 0.1) is 6.26 Å². The van der Waals surface area contributed by atoms with Crippen molar-refractivity contribution in [3.8, 4) is 5.75 Å². The smallest absolute Gasteiger partial charge is 0.146 e. The van der Waals surface area contributed by atoms with Crippen molar-refractivity contribution in [1.82, 2.24) is 5.32 Å². The Morgan fingerprint density at radius 2 is 1.81 bits per heavy atom. The topological polar surface area (TPSA) is 34.4 Å². The SMILES string of the molecule is Cc1cc(C)cc(OCc2cc(CNCC(C)C)co2)c1. The van der Waals surface area contributed by atoms with Crippen molar-refractivity contribution < 1.29 is 9.15 Å². The first-order valence-corrected chi connectivity index (χ1v) is 7.51. The number of ether oxygens (including phenoxy) is 1. The van der Waals surface area contributed by atoms with Gasteiger partial charge in [0.15, 0.2) is 0 Å². The molecule has 1 aromatic heterocycles. The lowest BCUT2D eigenvalue weighted by Gasteiger charge is -2.06. The number of furan rings is 1. The summed E-state index contributed by atoms with van der Waals surface area (Å²) in [5.74, 6) is 2.41. The molecule has 0 saturated carbocycles. The molecule has 0 radical (unpaired) electrons. The van der Waals surface area contributed by atoms with Gasteiger partial charge in [-0.25, -0.2) is 0 Å². The van der Waals surface area contributed by atoms with Crippen LogP contribution in [0.5, 0.6) is 5.75 Å². The van der Waals surface area contributed by atoms with Crippen LogP contribution in [0.2, 0.25) is 0 Å². The van der Waals surface area contributed by atoms with Crippen LogP contribution in [0.15, 0.2) is 34.9 Å². The van der Waals surface area contributed by atoms with Crippen LogP contribution < -0.4 is 10.1 Å². The molecule has 21 heavy (non-hydrogen) atoms. The minimum atomic E-state index is 0.465. The largest absolute Gasteiger partial charge is 0.486 e. The van der Waals surface area contributed by atoms with Crippen LogP contribution in [0, 0.1) is 19.8 Å². The monoisotopic (exact) mass is 287 g/mol. The Bertz CT molecular complexity index is 552. The summed E-state index contributed by atoms with van der Waals surface area (Å²) in [6.07, 6.45) is 1.80. The van der Waals surface area contributed by atoms with E-state index in [2.05, 4.69) is 45.1 Å². The Labute approximate surface area is 127 Å². The number of rotatable bonds is 7. The van der Waals surface area contributed by atoms with E-state index >= 15 is 0 Å². The molecule has 0 atom stereocenters. The van der Waals surface area contributed by atoms with Gasteiger partial charge in [-0.05, 0) is 55.6 Å². The molecule has 0 spiro atoms. The van der Waals surface area contributed by atoms with E-state index in [4.69, 9.17) is 9.15 Å². The van der Waals surface area contributed by atoms with Crippen molar-refractivity contribution in [1.29, 1.82) is 0 Å². The van der Waals surface area contributed by atoms with E-state index in [1.54, 1.807) is 6.26 Å². The molecule has 3 heteroatoms. The third-order valence-corrected chi connectivity index (χ3v) is 3.17. The zero-order valence-electron chi connectivity index (χ0n) is 13.4. The van der Waals surface area contributed by atoms with Crippen molar-refractivity contribution in [2.24, 2.45) is 5.92 Å². The Balaban J connectivity index is 1.85. The summed E-state index contributed by atoms with van der Waals surface area (Å²) >= 11 is 0. The van der Waals surface area contributed by atoms with E-state index in [1.165, 1.54) is 11.1 Å². The first kappa shape index (κ1) is 15.6. The second kappa shape index (κ2) is 7.32. The van der Waals surface area contributed by atoms with Crippen molar-refractivity contribution >= 4 is 0 Å². The molecule has 0 fully saturated rings. The molecule has 114 valence electrons. The lowest BCUT2D eigenvalue weighted by atomic mass is 10.1. The van der Waals surface area contributed by atoms with Crippen molar-refractivity contribution in [2.45, 2.75) is 40.8 Å². The van der Waals surface area contributed by atoms with E-state index in [1.807, 2.05) is 12.1 Å². The summed E-state index contributed by atoms with van der Waals surface area (Å²) in [6.45, 7) is 10.9. The molecule has 2 rings (SSSR count). The Morgan fingerprint density at radius 1 is 1.10 bits per heavy atom. The van der Waals surface area contributed by atoms with Crippen LogP contribution in [0.4, 0.5) is 0 Å². The quantitative estimate of drug-likeness (QED) is 0.828. The third-order valence-electron chi connectivity index (χ3n) is 3.17. The maximum absolute atomic E-state index is 5.80. The highest BCUT2D eigenvalue weighted by Crippen LogP contribution is 2.18. The highest BCUT2D eigenvalue weighted by molar-refractivity contribution is 5.33. The van der Waals surface area contributed by atoms with Gasteiger partial charge >= 0.3 is 0 Å². The van der Waals surface area contributed by atoms with Crippen molar-refractivity contribution in [2.75, 3.05) is 6.54 Å². The fourth-order valence-corrected chi connectivity index (χ4v) is 2.27. The average molecular weight is 287 g/mol. The molecule has 1 aromatic carbocycles. The first-order chi connectivity index (χ1) is 10.0. The Hall–Kier alpha value is -1.74. The zero-order chi connectivity index (χ0) is 15.2. The maximum atomic E-state index is 5.80. The highest BCUT2D eigenvalue weighted by Gasteiger charge is 2.04. The van der Waals surface area contributed by atoms with E-state index in [0.717, 1.165) is 30.2 Å². The van der Waals surface area contributed by atoms with Gasteiger partial charge in [-0.1, -0.05) is 19.9 Å². The molecule has 0 unspecified atom stereocenters. The van der Waals surface area contributed by atoms with Gasteiger partial charge in [0.1, 0.15) is 18.1 Å². The first-order valence-electron chi connectivity index (χ1n) is 7.51. The van der Waals surface area contributed by atoms with Crippen LogP contribution in [-0.2, 0) is 13.2 Å². The summed E-state index contributed by atoms with van der Waals surface area (Å²) in [5.41, 5.74) is 3.58. The minimum Gasteiger partial charge on any atom is -0.486 e. The summed E-state index contributed by atoms with van der Waals surface area (Å²) < 4.78 is 11.3. The number of hydrogen-bond donors (Lipinski definition) is 1. The lowest BCUT2D eigenvalue weighted by Crippen LogP contribution is -2.18. The Kier molecular flexibility index (Phi) is 5.45. The molecule has 0 aliphatic rings. The van der Waals surface area contributed by atoms with Gasteiger partial charge < -0.3 is 14.5 Å². The molecule has 0 aliphatic heterocycles. The van der Waals surface area contributed by atoms with Crippen LogP contribution in [0.25, 0.3) is 0 Å². The fraction of sp³-hybridized carbons (Fsp3) is 0.444. The summed E-state index contributed by atoms with van der Waals surface area (Å²) in [7, 11) is 0. The molecular weight excluding hydrogens is 262 g/mol. The molecule has 3 nitrogen and oxygen atoms in total. The second-order valence-corrected chi connectivity index (χ2v) is 6.06. The number of hydrogen-bond acceptors (Lipinski definition) is 3. The van der Waals surface area contributed by atoms with Gasteiger partial charge in [0.2, 0.25) is 0 Å². The molecule has 0 bridgehead atoms. The molecule has 0 amide bonds. The summed E-state index contributed by atoms with van der Waals surface area (Å²) in [5, 5.41) is 3.40. The van der Waals surface area contributed by atoms with E-state index in [9.17, 15) is 0 Å². The second-order valence-electron chi connectivity index (χ2n) is 6.06. The molecule has 0 aliphatic carbocycles. The standard InChI is InChI=1S/C18H25NO2/c1-13(2)9-19-10-16-8-18(20-11-16)12-21-17-6-14(3)5-15(4)7-17/h5-8,11,13,19H,9-10,12H2,1-4H3. The van der Waals surface area contributed by atoms with Gasteiger partial charge in [0.25, 0.3) is 0 Å². The van der Waals surface area contributed by atoms with Gasteiger partial charge in [0, 0.05) is 12.1 Å². The summed E-state index contributed by atoms with van der Waals surface area (Å²) in [4.78, 5) is 0. The van der Waals surface area contributed by atoms with Gasteiger partial charge in [-0.15, -0.1) is 0 Å². The predicted octanol–water partition coefficient (Wildman–Crippen LogP) is 4.22. The van der Waals surface area contributed by atoms with Crippen LogP contribution in [0.3, 0.4) is 0 Å². The zero-order valence-corrected chi connectivity index (χ0v) is 13.4. The molecule has 1 N–H and O–H groups in total. The van der Waals surface area contributed by atoms with E-state index in [0.29, 0.717) is 12.5 Å². The summed E-state index contributed by atoms with van der Waals surface area (Å²) in [6, 6.07) is 8.27. The van der Waals surface area contributed by atoms with Gasteiger partial charge in [-0.3, -0.25) is 0 Å². The van der Waals surface area contributed by atoms with Crippen molar-refractivity contribution in [3.05, 3.63) is 53.0 Å². The lowest BCUT2D eigenvalue weighted by molar-refractivity contribution is 0.270. The number of benzene rings is 1. The van der Waals surface area contributed by atoms with Crippen LogP contribution in [0.1, 0.15) is 36.3 Å². The highest BCUT2D eigenvalue weighted by atomic mass is 16.5. The van der Waals surface area contributed by atoms with Crippen LogP contribution >= 0.6 is 0 Å². The third kappa shape index (κ3) is 5.27. The molecule has 0 saturated heterocycles.